The smallest absolute Gasteiger partial charge is 0.259 e. The number of fused-ring (bicyclic) bond motifs is 2. The predicted octanol–water partition coefficient (Wildman–Crippen LogP) is 3.32. The molecule has 3 aromatic rings. The quantitative estimate of drug-likeness (QED) is 0.604. The summed E-state index contributed by atoms with van der Waals surface area (Å²) in [4.78, 5) is 33.6. The zero-order valence-corrected chi connectivity index (χ0v) is 18.3. The monoisotopic (exact) mass is 447 g/mol. The molecule has 0 radical (unpaired) electrons. The van der Waals surface area contributed by atoms with Gasteiger partial charge in [0, 0.05) is 24.3 Å². The lowest BCUT2D eigenvalue weighted by Crippen LogP contribution is -2.26. The molecular formula is C21H22ClN3O4S. The molecule has 1 aromatic carbocycles. The molecule has 0 fully saturated rings. The predicted molar refractivity (Wildman–Crippen MR) is 117 cm³/mol. The number of rotatable bonds is 6. The average molecular weight is 448 g/mol. The second-order valence-corrected chi connectivity index (χ2v) is 8.79. The van der Waals surface area contributed by atoms with Gasteiger partial charge in [-0.1, -0.05) is 11.6 Å². The highest BCUT2D eigenvalue weighted by Gasteiger charge is 2.17. The molecule has 1 aliphatic heterocycles. The number of hydrogen-bond acceptors (Lipinski definition) is 6. The second kappa shape index (κ2) is 8.65. The van der Waals surface area contributed by atoms with E-state index >= 15 is 0 Å². The van der Waals surface area contributed by atoms with E-state index in [0.29, 0.717) is 60.3 Å². The molecular weight excluding hydrogens is 426 g/mol. The molecule has 7 nitrogen and oxygen atoms in total. The number of hydrogen-bond donors (Lipinski definition) is 2. The fourth-order valence-corrected chi connectivity index (χ4v) is 4.73. The van der Waals surface area contributed by atoms with Crippen LogP contribution in [0.3, 0.4) is 0 Å². The van der Waals surface area contributed by atoms with Crippen LogP contribution in [-0.4, -0.2) is 35.6 Å². The zero-order chi connectivity index (χ0) is 21.3. The minimum absolute atomic E-state index is 0.0973. The second-order valence-electron chi connectivity index (χ2n) is 7.18. The van der Waals surface area contributed by atoms with Crippen molar-refractivity contribution in [3.8, 4) is 11.5 Å². The zero-order valence-electron chi connectivity index (χ0n) is 16.8. The number of H-pyrrole nitrogens is 1. The molecule has 1 amide bonds. The van der Waals surface area contributed by atoms with Crippen LogP contribution in [0.15, 0.2) is 16.9 Å². The fourth-order valence-electron chi connectivity index (χ4n) is 3.39. The number of aromatic nitrogens is 2. The van der Waals surface area contributed by atoms with E-state index in [1.165, 1.54) is 11.3 Å². The van der Waals surface area contributed by atoms with Gasteiger partial charge in [-0.25, -0.2) is 4.98 Å². The van der Waals surface area contributed by atoms with Gasteiger partial charge in [-0.15, -0.1) is 11.3 Å². The van der Waals surface area contributed by atoms with Crippen molar-refractivity contribution >= 4 is 39.1 Å². The first-order valence-electron chi connectivity index (χ1n) is 9.76. The third-order valence-electron chi connectivity index (χ3n) is 5.07. The van der Waals surface area contributed by atoms with E-state index in [4.69, 9.17) is 21.1 Å². The topological polar surface area (TPSA) is 93.3 Å². The number of carbonyl (C=O) groups excluding carboxylic acids is 1. The van der Waals surface area contributed by atoms with E-state index in [1.54, 1.807) is 0 Å². The number of aryl methyl sites for hydroxylation is 3. The van der Waals surface area contributed by atoms with E-state index in [-0.39, 0.29) is 17.9 Å². The van der Waals surface area contributed by atoms with Gasteiger partial charge in [0.25, 0.3) is 5.56 Å². The van der Waals surface area contributed by atoms with Gasteiger partial charge in [0.05, 0.1) is 10.4 Å². The van der Waals surface area contributed by atoms with Crippen LogP contribution in [0.1, 0.15) is 28.2 Å². The van der Waals surface area contributed by atoms with E-state index in [0.717, 1.165) is 20.8 Å². The lowest BCUT2D eigenvalue weighted by molar-refractivity contribution is -0.121. The summed E-state index contributed by atoms with van der Waals surface area (Å²) in [5.74, 6) is 1.65. The molecule has 2 aromatic heterocycles. The Balaban J connectivity index is 1.31. The summed E-state index contributed by atoms with van der Waals surface area (Å²) >= 11 is 7.75. The van der Waals surface area contributed by atoms with Crippen molar-refractivity contribution in [2.75, 3.05) is 19.8 Å². The molecule has 158 valence electrons. The first-order valence-corrected chi connectivity index (χ1v) is 11.0. The highest BCUT2D eigenvalue weighted by atomic mass is 35.5. The molecule has 0 bridgehead atoms. The average Bonchev–Trinajstić information content (AvgIpc) is 3.00. The van der Waals surface area contributed by atoms with Gasteiger partial charge in [-0.2, -0.15) is 0 Å². The molecule has 0 spiro atoms. The Bertz CT molecular complexity index is 1170. The molecule has 1 aliphatic rings. The van der Waals surface area contributed by atoms with Gasteiger partial charge in [0.2, 0.25) is 5.91 Å². The maximum Gasteiger partial charge on any atom is 0.259 e. The van der Waals surface area contributed by atoms with Crippen LogP contribution in [-0.2, 0) is 17.6 Å². The van der Waals surface area contributed by atoms with Crippen molar-refractivity contribution in [2.24, 2.45) is 0 Å². The highest BCUT2D eigenvalue weighted by Crippen LogP contribution is 2.38. The summed E-state index contributed by atoms with van der Waals surface area (Å²) in [6.07, 6.45) is 1.25. The molecule has 0 unspecified atom stereocenters. The van der Waals surface area contributed by atoms with Gasteiger partial charge in [-0.3, -0.25) is 9.59 Å². The Labute approximate surface area is 182 Å². The van der Waals surface area contributed by atoms with Crippen molar-refractivity contribution in [2.45, 2.75) is 33.1 Å². The lowest BCUT2D eigenvalue weighted by atomic mass is 10.1. The van der Waals surface area contributed by atoms with Crippen LogP contribution < -0.4 is 20.3 Å². The molecule has 4 rings (SSSR count). The fraction of sp³-hybridized carbons (Fsp3) is 0.381. The number of thiophene rings is 1. The molecule has 0 saturated heterocycles. The number of amides is 1. The third-order valence-corrected chi connectivity index (χ3v) is 6.45. The van der Waals surface area contributed by atoms with Gasteiger partial charge in [0.1, 0.15) is 23.9 Å². The van der Waals surface area contributed by atoms with E-state index in [9.17, 15) is 9.59 Å². The van der Waals surface area contributed by atoms with Gasteiger partial charge in [0.15, 0.2) is 11.5 Å². The van der Waals surface area contributed by atoms with Crippen molar-refractivity contribution in [1.29, 1.82) is 0 Å². The van der Waals surface area contributed by atoms with Crippen LogP contribution in [0.25, 0.3) is 10.2 Å². The Kier molecular flexibility index (Phi) is 5.97. The summed E-state index contributed by atoms with van der Waals surface area (Å²) in [6, 6.07) is 3.72. The molecule has 3 heterocycles. The number of halogens is 1. The molecule has 0 atom stereocenters. The maximum absolute atomic E-state index is 12.3. The normalized spacial score (nSPS) is 12.9. The van der Waals surface area contributed by atoms with Crippen molar-refractivity contribution in [3.63, 3.8) is 0 Å². The Hall–Kier alpha value is -2.58. The van der Waals surface area contributed by atoms with Crippen LogP contribution in [0.2, 0.25) is 5.02 Å². The number of aromatic amines is 1. The Morgan fingerprint density at radius 2 is 2.07 bits per heavy atom. The summed E-state index contributed by atoms with van der Waals surface area (Å²) in [5.41, 5.74) is 1.78. The maximum atomic E-state index is 12.3. The summed E-state index contributed by atoms with van der Waals surface area (Å²) in [7, 11) is 0. The van der Waals surface area contributed by atoms with Crippen molar-refractivity contribution in [1.82, 2.24) is 15.3 Å². The molecule has 0 saturated carbocycles. The summed E-state index contributed by atoms with van der Waals surface area (Å²) < 4.78 is 11.1. The molecule has 2 N–H and O–H groups in total. The number of nitrogens with one attached hydrogen (secondary N) is 2. The van der Waals surface area contributed by atoms with Crippen LogP contribution in [0.5, 0.6) is 11.5 Å². The van der Waals surface area contributed by atoms with Crippen molar-refractivity contribution in [3.05, 3.63) is 49.3 Å². The van der Waals surface area contributed by atoms with Gasteiger partial charge >= 0.3 is 0 Å². The minimum Gasteiger partial charge on any atom is -0.486 e. The van der Waals surface area contributed by atoms with E-state index < -0.39 is 0 Å². The number of nitrogens with zero attached hydrogens (tertiary/aromatic N) is 1. The van der Waals surface area contributed by atoms with Gasteiger partial charge < -0.3 is 19.8 Å². The van der Waals surface area contributed by atoms with Crippen LogP contribution in [0, 0.1) is 13.8 Å². The lowest BCUT2D eigenvalue weighted by Gasteiger charge is -2.20. The Morgan fingerprint density at radius 3 is 2.90 bits per heavy atom. The Morgan fingerprint density at radius 1 is 1.27 bits per heavy atom. The summed E-state index contributed by atoms with van der Waals surface area (Å²) in [6.45, 7) is 5.36. The van der Waals surface area contributed by atoms with E-state index in [1.807, 2.05) is 26.0 Å². The van der Waals surface area contributed by atoms with Crippen molar-refractivity contribution < 1.29 is 14.3 Å². The highest BCUT2D eigenvalue weighted by molar-refractivity contribution is 7.18. The third kappa shape index (κ3) is 4.29. The first-order chi connectivity index (χ1) is 14.4. The SMILES string of the molecule is Cc1sc2nc(CCC(=O)NCCc3cc(Cl)c4c(c3)OCCO4)[nH]c(=O)c2c1C. The largest absolute Gasteiger partial charge is 0.486 e. The number of benzene rings is 1. The molecule has 30 heavy (non-hydrogen) atoms. The number of ether oxygens (including phenoxy) is 2. The molecule has 0 aliphatic carbocycles. The minimum atomic E-state index is -0.146. The van der Waals surface area contributed by atoms with Gasteiger partial charge in [-0.05, 0) is 43.5 Å². The summed E-state index contributed by atoms with van der Waals surface area (Å²) in [5, 5.41) is 4.05. The van der Waals surface area contributed by atoms with E-state index in [2.05, 4.69) is 15.3 Å². The molecule has 9 heteroatoms. The number of carbonyl (C=O) groups is 1. The van der Waals surface area contributed by atoms with Crippen LogP contribution in [0.4, 0.5) is 0 Å². The standard InChI is InChI=1S/C21H22ClN3O4S/c1-11-12(2)30-21-18(11)20(27)24-16(25-21)3-4-17(26)23-6-5-13-9-14(22)19-15(10-13)28-7-8-29-19/h9-10H,3-8H2,1-2H3,(H,23,26)(H,24,25,27). The van der Waals surface area contributed by atoms with Crippen LogP contribution >= 0.6 is 22.9 Å². The first kappa shape index (κ1) is 20.7.